The Balaban J connectivity index is 2.59. The third kappa shape index (κ3) is 27.5. The normalized spacial score (nSPS) is 17.4. The lowest BCUT2D eigenvalue weighted by Gasteiger charge is -2.39. The lowest BCUT2D eigenvalue weighted by atomic mass is 9.79. The number of hydrogen-bond acceptors (Lipinski definition) is 6. The van der Waals surface area contributed by atoms with E-state index in [-0.39, 0.29) is 30.4 Å². The van der Waals surface area contributed by atoms with E-state index in [1.165, 1.54) is 109 Å². The molecule has 0 aromatic heterocycles. The van der Waals surface area contributed by atoms with Crippen LogP contribution in [-0.4, -0.2) is 61.4 Å². The number of aliphatic hydroxyl groups is 1. The number of aliphatic hydroxyl groups excluding tert-OH is 1. The molecule has 0 aliphatic carbocycles. The highest BCUT2D eigenvalue weighted by Gasteiger charge is 2.29. The Kier molecular flexibility index (Phi) is 35.3. The maximum Gasteiger partial charge on any atom is 0.308 e. The summed E-state index contributed by atoms with van der Waals surface area (Å²) in [6, 6.07) is 0. The smallest absolute Gasteiger partial charge is 0.308 e. The zero-order chi connectivity index (χ0) is 39.3. The van der Waals surface area contributed by atoms with E-state index in [0.717, 1.165) is 116 Å². The lowest BCUT2D eigenvalue weighted by Crippen LogP contribution is -2.41. The van der Waals surface area contributed by atoms with E-state index >= 15 is 0 Å². The van der Waals surface area contributed by atoms with Gasteiger partial charge in [-0.25, -0.2) is 0 Å². The van der Waals surface area contributed by atoms with Gasteiger partial charge in [0.1, 0.15) is 0 Å². The third-order valence-corrected chi connectivity index (χ3v) is 12.3. The van der Waals surface area contributed by atoms with Gasteiger partial charge in [0.15, 0.2) is 0 Å². The van der Waals surface area contributed by atoms with Crippen LogP contribution in [0.3, 0.4) is 0 Å². The standard InChI is InChI=1S/C48H93NO5/c1-5-9-13-17-19-23-32-44(30-21-15-11-7-3)47(51)53-40-28-25-34-46-42-49(37-26-27-39-50)38-36-43(46)35-29-41-54-48(52)45(31-22-16-12-8-4)33-24-20-18-14-10-6-2/h43-46,50H,5-42H2,1-4H3. The van der Waals surface area contributed by atoms with Crippen LogP contribution in [0.5, 0.6) is 0 Å². The van der Waals surface area contributed by atoms with Gasteiger partial charge in [0.05, 0.1) is 25.0 Å². The number of nitrogens with zero attached hydrogens (tertiary/aromatic N) is 1. The van der Waals surface area contributed by atoms with Gasteiger partial charge in [-0.1, -0.05) is 156 Å². The molecular formula is C48H93NO5. The van der Waals surface area contributed by atoms with Crippen LogP contribution in [0.15, 0.2) is 0 Å². The molecule has 0 bridgehead atoms. The van der Waals surface area contributed by atoms with E-state index in [9.17, 15) is 14.7 Å². The van der Waals surface area contributed by atoms with E-state index in [0.29, 0.717) is 25.0 Å². The molecule has 4 unspecified atom stereocenters. The van der Waals surface area contributed by atoms with Gasteiger partial charge in [-0.15, -0.1) is 0 Å². The Morgan fingerprint density at radius 2 is 0.944 bits per heavy atom. The second-order valence-electron chi connectivity index (χ2n) is 17.2. The van der Waals surface area contributed by atoms with Crippen molar-refractivity contribution in [1.29, 1.82) is 0 Å². The molecule has 1 N–H and O–H groups in total. The van der Waals surface area contributed by atoms with Gasteiger partial charge in [0.2, 0.25) is 0 Å². The van der Waals surface area contributed by atoms with E-state index < -0.39 is 0 Å². The fourth-order valence-electron chi connectivity index (χ4n) is 8.69. The van der Waals surface area contributed by atoms with Gasteiger partial charge in [0.25, 0.3) is 0 Å². The molecule has 0 aromatic rings. The summed E-state index contributed by atoms with van der Waals surface area (Å²) >= 11 is 0. The van der Waals surface area contributed by atoms with Gasteiger partial charge in [0, 0.05) is 13.2 Å². The lowest BCUT2D eigenvalue weighted by molar-refractivity contribution is -0.150. The quantitative estimate of drug-likeness (QED) is 0.0496. The van der Waals surface area contributed by atoms with Crippen molar-refractivity contribution < 1.29 is 24.2 Å². The summed E-state index contributed by atoms with van der Waals surface area (Å²) in [6.45, 7) is 13.7. The van der Waals surface area contributed by atoms with E-state index in [4.69, 9.17) is 9.47 Å². The number of hydrogen-bond donors (Lipinski definition) is 1. The van der Waals surface area contributed by atoms with Crippen LogP contribution in [0.4, 0.5) is 0 Å². The molecule has 1 aliphatic heterocycles. The molecule has 1 aliphatic rings. The van der Waals surface area contributed by atoms with Crippen molar-refractivity contribution in [3.8, 4) is 0 Å². The fourth-order valence-corrected chi connectivity index (χ4v) is 8.69. The van der Waals surface area contributed by atoms with Crippen LogP contribution < -0.4 is 0 Å². The van der Waals surface area contributed by atoms with Crippen LogP contribution in [0, 0.1) is 23.7 Å². The highest BCUT2D eigenvalue weighted by molar-refractivity contribution is 5.72. The number of carbonyl (C=O) groups is 2. The molecule has 0 amide bonds. The number of carbonyl (C=O) groups excluding carboxylic acids is 2. The van der Waals surface area contributed by atoms with Crippen LogP contribution in [0.25, 0.3) is 0 Å². The Labute approximate surface area is 336 Å². The molecule has 0 spiro atoms. The maximum atomic E-state index is 13.2. The number of rotatable bonds is 39. The van der Waals surface area contributed by atoms with Gasteiger partial charge in [-0.2, -0.15) is 0 Å². The minimum Gasteiger partial charge on any atom is -0.465 e. The number of unbranched alkanes of at least 4 members (excludes halogenated alkanes) is 18. The van der Waals surface area contributed by atoms with E-state index in [1.807, 2.05) is 0 Å². The number of piperidine rings is 1. The largest absolute Gasteiger partial charge is 0.465 e. The second kappa shape index (κ2) is 37.4. The van der Waals surface area contributed by atoms with Crippen LogP contribution in [0.1, 0.15) is 233 Å². The first-order chi connectivity index (χ1) is 26.5. The Morgan fingerprint density at radius 3 is 1.43 bits per heavy atom. The molecule has 6 nitrogen and oxygen atoms in total. The molecule has 6 heteroatoms. The first-order valence-electron chi connectivity index (χ1n) is 24.2. The zero-order valence-electron chi connectivity index (χ0n) is 36.7. The van der Waals surface area contributed by atoms with Crippen molar-refractivity contribution in [2.75, 3.05) is 39.5 Å². The van der Waals surface area contributed by atoms with E-state index in [2.05, 4.69) is 32.6 Å². The van der Waals surface area contributed by atoms with Crippen LogP contribution in [-0.2, 0) is 19.1 Å². The van der Waals surface area contributed by atoms with Crippen molar-refractivity contribution in [3.05, 3.63) is 0 Å². The fraction of sp³-hybridized carbons (Fsp3) is 0.958. The monoisotopic (exact) mass is 764 g/mol. The third-order valence-electron chi connectivity index (χ3n) is 12.3. The van der Waals surface area contributed by atoms with Gasteiger partial charge < -0.3 is 19.5 Å². The first kappa shape index (κ1) is 50.9. The summed E-state index contributed by atoms with van der Waals surface area (Å²) in [5.74, 6) is 1.53. The zero-order valence-corrected chi connectivity index (χ0v) is 36.7. The summed E-state index contributed by atoms with van der Waals surface area (Å²) in [4.78, 5) is 29.0. The van der Waals surface area contributed by atoms with Crippen molar-refractivity contribution in [1.82, 2.24) is 4.90 Å². The van der Waals surface area contributed by atoms with Gasteiger partial charge in [-0.05, 0) is 102 Å². The van der Waals surface area contributed by atoms with Gasteiger partial charge >= 0.3 is 11.9 Å². The molecule has 4 atom stereocenters. The highest BCUT2D eigenvalue weighted by atomic mass is 16.5. The summed E-state index contributed by atoms with van der Waals surface area (Å²) in [5, 5.41) is 9.33. The van der Waals surface area contributed by atoms with Crippen molar-refractivity contribution >= 4 is 11.9 Å². The Morgan fingerprint density at radius 1 is 0.519 bits per heavy atom. The number of ether oxygens (including phenoxy) is 2. The number of likely N-dealkylation sites (tertiary alicyclic amines) is 1. The highest BCUT2D eigenvalue weighted by Crippen LogP contribution is 2.32. The molecule has 0 saturated carbocycles. The first-order valence-corrected chi connectivity index (χ1v) is 24.2. The molecule has 0 aromatic carbocycles. The predicted octanol–water partition coefficient (Wildman–Crippen LogP) is 13.4. The summed E-state index contributed by atoms with van der Waals surface area (Å²) in [7, 11) is 0. The number of esters is 2. The summed E-state index contributed by atoms with van der Waals surface area (Å²) in [5.41, 5.74) is 0. The average Bonchev–Trinajstić information content (AvgIpc) is 3.18. The van der Waals surface area contributed by atoms with Crippen LogP contribution >= 0.6 is 0 Å². The predicted molar refractivity (Wildman–Crippen MR) is 230 cm³/mol. The minimum atomic E-state index is 0.0513. The summed E-state index contributed by atoms with van der Waals surface area (Å²) in [6.07, 6.45) is 37.2. The molecule has 54 heavy (non-hydrogen) atoms. The van der Waals surface area contributed by atoms with Crippen molar-refractivity contribution in [3.63, 3.8) is 0 Å². The van der Waals surface area contributed by atoms with Crippen molar-refractivity contribution in [2.45, 2.75) is 233 Å². The van der Waals surface area contributed by atoms with Crippen molar-refractivity contribution in [2.24, 2.45) is 23.7 Å². The Hall–Kier alpha value is -1.14. The molecular weight excluding hydrogens is 671 g/mol. The second-order valence-corrected chi connectivity index (χ2v) is 17.2. The summed E-state index contributed by atoms with van der Waals surface area (Å²) < 4.78 is 11.9. The molecule has 1 saturated heterocycles. The Bertz CT molecular complexity index is 836. The molecule has 1 fully saturated rings. The maximum absolute atomic E-state index is 13.2. The van der Waals surface area contributed by atoms with Gasteiger partial charge in [-0.3, -0.25) is 9.59 Å². The van der Waals surface area contributed by atoms with Crippen LogP contribution in [0.2, 0.25) is 0 Å². The molecule has 0 radical (unpaired) electrons. The molecule has 1 heterocycles. The minimum absolute atomic E-state index is 0.0513. The molecule has 1 rings (SSSR count). The SMILES string of the molecule is CCCCCCCCC(CCCCCC)C(=O)OCCCCC1CN(CCCCO)CCC1CCCOC(=O)C(CCCCCC)CCCCCCCC. The topological polar surface area (TPSA) is 76.1 Å². The van der Waals surface area contributed by atoms with E-state index in [1.54, 1.807) is 0 Å². The average molecular weight is 764 g/mol. The molecule has 320 valence electrons.